The largest absolute Gasteiger partial charge is 0.507 e. The van der Waals surface area contributed by atoms with Crippen molar-refractivity contribution in [1.82, 2.24) is 0 Å². The van der Waals surface area contributed by atoms with Gasteiger partial charge in [0.2, 0.25) is 5.24 Å². The molecule has 1 heterocycles. The molecule has 3 nitrogen and oxygen atoms in total. The molecule has 0 aliphatic carbocycles. The molecule has 0 amide bonds. The molecule has 20 heavy (non-hydrogen) atoms. The van der Waals surface area contributed by atoms with Gasteiger partial charge in [-0.3, -0.25) is 4.79 Å². The lowest BCUT2D eigenvalue weighted by Crippen LogP contribution is -2.37. The molecule has 1 atom stereocenters. The van der Waals surface area contributed by atoms with E-state index in [0.717, 1.165) is 40.8 Å². The van der Waals surface area contributed by atoms with Crippen molar-refractivity contribution < 1.29 is 14.6 Å². The van der Waals surface area contributed by atoms with Crippen molar-refractivity contribution in [1.29, 1.82) is 0 Å². The average molecular weight is 297 g/mol. The van der Waals surface area contributed by atoms with E-state index in [4.69, 9.17) is 16.3 Å². The van der Waals surface area contributed by atoms with E-state index in [1.54, 1.807) is 0 Å². The van der Waals surface area contributed by atoms with E-state index in [1.807, 2.05) is 27.7 Å². The first-order chi connectivity index (χ1) is 9.25. The number of ether oxygens (including phenoxy) is 1. The second-order valence-corrected chi connectivity index (χ2v) is 6.36. The number of carbonyl (C=O) groups is 1. The maximum Gasteiger partial charge on any atom is 0.221 e. The number of halogens is 1. The first kappa shape index (κ1) is 15.2. The smallest absolute Gasteiger partial charge is 0.221 e. The van der Waals surface area contributed by atoms with Gasteiger partial charge in [-0.1, -0.05) is 0 Å². The summed E-state index contributed by atoms with van der Waals surface area (Å²) in [5.41, 5.74) is 3.46. The molecule has 0 radical (unpaired) electrons. The lowest BCUT2D eigenvalue weighted by molar-refractivity contribution is -0.112. The van der Waals surface area contributed by atoms with Crippen LogP contribution in [-0.4, -0.2) is 16.0 Å². The summed E-state index contributed by atoms with van der Waals surface area (Å²) >= 11 is 5.43. The normalized spacial score (nSPS) is 21.2. The summed E-state index contributed by atoms with van der Waals surface area (Å²) < 4.78 is 6.20. The van der Waals surface area contributed by atoms with Crippen LogP contribution in [0.2, 0.25) is 0 Å². The van der Waals surface area contributed by atoms with Crippen LogP contribution in [0.25, 0.3) is 0 Å². The highest BCUT2D eigenvalue weighted by Crippen LogP contribution is 2.44. The third-order valence-corrected chi connectivity index (χ3v) is 4.63. The molecule has 1 aliphatic rings. The van der Waals surface area contributed by atoms with Gasteiger partial charge in [-0.05, 0) is 75.2 Å². The molecule has 2 rings (SSSR count). The zero-order chi connectivity index (χ0) is 15.1. The maximum atomic E-state index is 11.0. The van der Waals surface area contributed by atoms with E-state index >= 15 is 0 Å². The molecule has 0 saturated heterocycles. The lowest BCUT2D eigenvalue weighted by Gasteiger charge is -2.37. The molecular formula is C16H21ClO3. The van der Waals surface area contributed by atoms with Crippen LogP contribution >= 0.6 is 11.6 Å². The number of fused-ring (bicyclic) bond motifs is 1. The number of benzene rings is 1. The standard InChI is InChI=1S/C16H21ClO3/c1-9-10(2)15-12(11(3)14(9)19)5-7-16(4,20-15)8-6-13(17)18/h19H,5-8H2,1-4H3. The quantitative estimate of drug-likeness (QED) is 0.859. The van der Waals surface area contributed by atoms with Gasteiger partial charge in [0.1, 0.15) is 17.1 Å². The van der Waals surface area contributed by atoms with Gasteiger partial charge >= 0.3 is 0 Å². The Hall–Kier alpha value is -1.22. The molecule has 1 unspecified atom stereocenters. The zero-order valence-electron chi connectivity index (χ0n) is 12.5. The van der Waals surface area contributed by atoms with Crippen LogP contribution in [0.15, 0.2) is 0 Å². The average Bonchev–Trinajstić information content (AvgIpc) is 2.41. The van der Waals surface area contributed by atoms with Crippen LogP contribution in [-0.2, 0) is 11.2 Å². The zero-order valence-corrected chi connectivity index (χ0v) is 13.2. The Morgan fingerprint density at radius 1 is 1.30 bits per heavy atom. The van der Waals surface area contributed by atoms with E-state index in [2.05, 4.69) is 0 Å². The van der Waals surface area contributed by atoms with Crippen LogP contribution in [0.3, 0.4) is 0 Å². The Morgan fingerprint density at radius 3 is 2.55 bits per heavy atom. The Kier molecular flexibility index (Phi) is 4.01. The van der Waals surface area contributed by atoms with Gasteiger partial charge in [-0.2, -0.15) is 0 Å². The third kappa shape index (κ3) is 2.64. The van der Waals surface area contributed by atoms with Crippen molar-refractivity contribution >= 4 is 16.8 Å². The fourth-order valence-corrected chi connectivity index (χ4v) is 2.93. The molecule has 0 saturated carbocycles. The van der Waals surface area contributed by atoms with Crippen molar-refractivity contribution in [2.45, 2.75) is 59.0 Å². The van der Waals surface area contributed by atoms with Gasteiger partial charge in [-0.15, -0.1) is 0 Å². The van der Waals surface area contributed by atoms with E-state index in [-0.39, 0.29) is 10.8 Å². The number of phenolic OH excluding ortho intramolecular Hbond substituents is 1. The number of carbonyl (C=O) groups excluding carboxylic acids is 1. The Bertz CT molecular complexity index is 566. The third-order valence-electron chi connectivity index (χ3n) is 4.44. The predicted octanol–water partition coefficient (Wildman–Crippen LogP) is 3.95. The summed E-state index contributed by atoms with van der Waals surface area (Å²) in [6, 6.07) is 0. The SMILES string of the molecule is Cc1c(C)c2c(c(C)c1O)CCC(C)(CCC(=O)Cl)O2. The summed E-state index contributed by atoms with van der Waals surface area (Å²) in [6.07, 6.45) is 2.62. The van der Waals surface area contributed by atoms with Gasteiger partial charge in [0.05, 0.1) is 0 Å². The van der Waals surface area contributed by atoms with Crippen LogP contribution < -0.4 is 4.74 Å². The highest BCUT2D eigenvalue weighted by Gasteiger charge is 2.34. The Balaban J connectivity index is 2.37. The van der Waals surface area contributed by atoms with E-state index in [1.165, 1.54) is 0 Å². The summed E-state index contributed by atoms with van der Waals surface area (Å²) in [5, 5.41) is 9.81. The van der Waals surface area contributed by atoms with Crippen molar-refractivity contribution in [2.75, 3.05) is 0 Å². The molecule has 4 heteroatoms. The topological polar surface area (TPSA) is 46.5 Å². The summed E-state index contributed by atoms with van der Waals surface area (Å²) in [4.78, 5) is 11.0. The molecular weight excluding hydrogens is 276 g/mol. The number of phenols is 1. The minimum absolute atomic E-state index is 0.322. The van der Waals surface area contributed by atoms with Crippen LogP contribution in [0.5, 0.6) is 11.5 Å². The van der Waals surface area contributed by atoms with E-state index in [9.17, 15) is 9.90 Å². The van der Waals surface area contributed by atoms with E-state index in [0.29, 0.717) is 18.6 Å². The Labute approximate surface area is 124 Å². The fourth-order valence-electron chi connectivity index (χ4n) is 2.83. The van der Waals surface area contributed by atoms with Gasteiger partial charge in [0, 0.05) is 12.0 Å². The Morgan fingerprint density at radius 2 is 1.95 bits per heavy atom. The summed E-state index contributed by atoms with van der Waals surface area (Å²) in [6.45, 7) is 7.81. The van der Waals surface area contributed by atoms with Crippen molar-refractivity contribution in [3.8, 4) is 11.5 Å². The minimum atomic E-state index is -0.363. The van der Waals surface area contributed by atoms with Crippen molar-refractivity contribution in [3.05, 3.63) is 22.3 Å². The second kappa shape index (κ2) is 5.28. The molecule has 110 valence electrons. The highest BCUT2D eigenvalue weighted by molar-refractivity contribution is 6.63. The van der Waals surface area contributed by atoms with Crippen LogP contribution in [0, 0.1) is 20.8 Å². The summed E-state index contributed by atoms with van der Waals surface area (Å²) in [7, 11) is 0. The van der Waals surface area contributed by atoms with Gasteiger partial charge < -0.3 is 9.84 Å². The number of aromatic hydroxyl groups is 1. The van der Waals surface area contributed by atoms with Crippen molar-refractivity contribution in [3.63, 3.8) is 0 Å². The molecule has 1 aromatic rings. The monoisotopic (exact) mass is 296 g/mol. The molecule has 0 bridgehead atoms. The van der Waals surface area contributed by atoms with Gasteiger partial charge in [0.25, 0.3) is 0 Å². The van der Waals surface area contributed by atoms with E-state index < -0.39 is 0 Å². The fraction of sp³-hybridized carbons (Fsp3) is 0.562. The summed E-state index contributed by atoms with van der Waals surface area (Å²) in [5.74, 6) is 1.23. The van der Waals surface area contributed by atoms with Crippen molar-refractivity contribution in [2.24, 2.45) is 0 Å². The van der Waals surface area contributed by atoms with Crippen LogP contribution in [0.1, 0.15) is 48.4 Å². The molecule has 1 N–H and O–H groups in total. The first-order valence-electron chi connectivity index (χ1n) is 6.94. The number of hydrogen-bond acceptors (Lipinski definition) is 3. The molecule has 1 aliphatic heterocycles. The highest BCUT2D eigenvalue weighted by atomic mass is 35.5. The van der Waals surface area contributed by atoms with Gasteiger partial charge in [-0.25, -0.2) is 0 Å². The van der Waals surface area contributed by atoms with Gasteiger partial charge in [0.15, 0.2) is 0 Å². The minimum Gasteiger partial charge on any atom is -0.507 e. The van der Waals surface area contributed by atoms with Crippen LogP contribution in [0.4, 0.5) is 0 Å². The lowest BCUT2D eigenvalue weighted by atomic mass is 9.85. The first-order valence-corrected chi connectivity index (χ1v) is 7.32. The maximum absolute atomic E-state index is 11.0. The molecule has 1 aromatic carbocycles. The molecule has 0 fully saturated rings. The predicted molar refractivity (Wildman–Crippen MR) is 79.8 cm³/mol. The number of rotatable bonds is 3. The number of hydrogen-bond donors (Lipinski definition) is 1. The molecule has 0 aromatic heterocycles. The molecule has 0 spiro atoms. The second-order valence-electron chi connectivity index (χ2n) is 5.94.